The van der Waals surface area contributed by atoms with Crippen LogP contribution in [0.1, 0.15) is 6.92 Å². The number of hydrogen-bond acceptors (Lipinski definition) is 0. The number of hydrogen-bond donors (Lipinski definition) is 0. The molecule has 13 heavy (non-hydrogen) atoms. The summed E-state index contributed by atoms with van der Waals surface area (Å²) >= 11 is 0. The number of aryl methyl sites for hydroxylation is 1. The van der Waals surface area contributed by atoms with Gasteiger partial charge in [-0.1, -0.05) is 18.2 Å². The molecule has 0 aliphatic rings. The van der Waals surface area contributed by atoms with E-state index in [1.807, 2.05) is 18.2 Å². The molecule has 0 amide bonds. The van der Waals surface area contributed by atoms with Crippen LogP contribution in [0.25, 0.3) is 5.69 Å². The van der Waals surface area contributed by atoms with Crippen LogP contribution in [0.3, 0.4) is 0 Å². The minimum Gasteiger partial charge on any atom is -0.237 e. The van der Waals surface area contributed by atoms with Crippen molar-refractivity contribution in [3.8, 4) is 5.69 Å². The first-order chi connectivity index (χ1) is 6.40. The maximum absolute atomic E-state index is 2.15. The molecule has 0 spiro atoms. The second-order valence-electron chi connectivity index (χ2n) is 2.99. The molecule has 0 saturated heterocycles. The topological polar surface area (TPSA) is 8.81 Å². The van der Waals surface area contributed by atoms with E-state index in [0.29, 0.717) is 0 Å². The van der Waals surface area contributed by atoms with Gasteiger partial charge in [-0.05, 0) is 19.1 Å². The molecule has 0 aliphatic heterocycles. The standard InChI is InChI=1S/C11H13N2/c1-2-12-8-9-13(10-12)11-6-4-3-5-7-11/h3-10H,2H2,1H3/q+1. The monoisotopic (exact) mass is 173 g/mol. The van der Waals surface area contributed by atoms with Gasteiger partial charge in [0.25, 0.3) is 0 Å². The van der Waals surface area contributed by atoms with Crippen LogP contribution >= 0.6 is 0 Å². The summed E-state index contributed by atoms with van der Waals surface area (Å²) in [7, 11) is 0. The molecular formula is C11H13N2+. The Morgan fingerprint density at radius 1 is 1.23 bits per heavy atom. The van der Waals surface area contributed by atoms with E-state index in [-0.39, 0.29) is 0 Å². The van der Waals surface area contributed by atoms with Crippen LogP contribution in [0.4, 0.5) is 0 Å². The molecule has 0 N–H and O–H groups in total. The van der Waals surface area contributed by atoms with Gasteiger partial charge in [0.2, 0.25) is 6.33 Å². The fourth-order valence-corrected chi connectivity index (χ4v) is 1.33. The summed E-state index contributed by atoms with van der Waals surface area (Å²) in [5.41, 5.74) is 1.20. The molecule has 66 valence electrons. The lowest BCUT2D eigenvalue weighted by Gasteiger charge is -1.92. The van der Waals surface area contributed by atoms with E-state index in [4.69, 9.17) is 0 Å². The average molecular weight is 173 g/mol. The van der Waals surface area contributed by atoms with Crippen molar-refractivity contribution >= 4 is 0 Å². The van der Waals surface area contributed by atoms with Crippen molar-refractivity contribution in [1.82, 2.24) is 4.57 Å². The minimum atomic E-state index is 1.01. The molecule has 2 heteroatoms. The Bertz CT molecular complexity index is 376. The molecule has 0 aliphatic carbocycles. The molecule has 2 rings (SSSR count). The highest BCUT2D eigenvalue weighted by Crippen LogP contribution is 1.97. The Morgan fingerprint density at radius 3 is 2.62 bits per heavy atom. The highest BCUT2D eigenvalue weighted by Gasteiger charge is 2.02. The summed E-state index contributed by atoms with van der Waals surface area (Å²) in [6, 6.07) is 10.3. The van der Waals surface area contributed by atoms with E-state index in [0.717, 1.165) is 6.54 Å². The summed E-state index contributed by atoms with van der Waals surface area (Å²) in [6.07, 6.45) is 6.24. The third-order valence-corrected chi connectivity index (χ3v) is 2.11. The second-order valence-corrected chi connectivity index (χ2v) is 2.99. The van der Waals surface area contributed by atoms with Crippen LogP contribution in [0.15, 0.2) is 49.1 Å². The zero-order chi connectivity index (χ0) is 9.10. The summed E-state index contributed by atoms with van der Waals surface area (Å²) < 4.78 is 4.26. The van der Waals surface area contributed by atoms with Crippen LogP contribution in [-0.2, 0) is 6.54 Å². The number of benzene rings is 1. The molecule has 0 atom stereocenters. The van der Waals surface area contributed by atoms with Crippen molar-refractivity contribution in [2.75, 3.05) is 0 Å². The SMILES string of the molecule is CCn1cc[n+](-c2ccccc2)c1. The van der Waals surface area contributed by atoms with Crippen LogP contribution in [0.5, 0.6) is 0 Å². The van der Waals surface area contributed by atoms with Gasteiger partial charge in [0.05, 0.1) is 6.54 Å². The van der Waals surface area contributed by atoms with Crippen LogP contribution in [0.2, 0.25) is 0 Å². The van der Waals surface area contributed by atoms with Crippen LogP contribution < -0.4 is 4.57 Å². The van der Waals surface area contributed by atoms with E-state index in [9.17, 15) is 0 Å². The van der Waals surface area contributed by atoms with Crippen molar-refractivity contribution in [3.63, 3.8) is 0 Å². The van der Waals surface area contributed by atoms with Gasteiger partial charge >= 0.3 is 0 Å². The summed E-state index contributed by atoms with van der Waals surface area (Å²) in [6.45, 7) is 3.15. The fraction of sp³-hybridized carbons (Fsp3) is 0.182. The minimum absolute atomic E-state index is 1.01. The first kappa shape index (κ1) is 8.05. The normalized spacial score (nSPS) is 10.2. The average Bonchev–Trinajstić information content (AvgIpc) is 2.67. The summed E-state index contributed by atoms with van der Waals surface area (Å²) in [5.74, 6) is 0. The first-order valence-corrected chi connectivity index (χ1v) is 4.52. The van der Waals surface area contributed by atoms with Gasteiger partial charge < -0.3 is 0 Å². The van der Waals surface area contributed by atoms with Gasteiger partial charge in [-0.2, -0.15) is 0 Å². The highest BCUT2D eigenvalue weighted by molar-refractivity contribution is 5.20. The summed E-state index contributed by atoms with van der Waals surface area (Å²) in [5, 5.41) is 0. The zero-order valence-corrected chi connectivity index (χ0v) is 7.72. The Kier molecular flexibility index (Phi) is 2.13. The van der Waals surface area contributed by atoms with Gasteiger partial charge in [0.1, 0.15) is 18.1 Å². The Labute approximate surface area is 78.1 Å². The van der Waals surface area contributed by atoms with E-state index < -0.39 is 0 Å². The quantitative estimate of drug-likeness (QED) is 0.612. The predicted molar refractivity (Wildman–Crippen MR) is 51.6 cm³/mol. The van der Waals surface area contributed by atoms with Crippen molar-refractivity contribution in [3.05, 3.63) is 49.1 Å². The predicted octanol–water partition coefficient (Wildman–Crippen LogP) is 1.78. The molecule has 0 radical (unpaired) electrons. The Hall–Kier alpha value is -1.57. The summed E-state index contributed by atoms with van der Waals surface area (Å²) in [4.78, 5) is 0. The van der Waals surface area contributed by atoms with E-state index in [1.165, 1.54) is 5.69 Å². The van der Waals surface area contributed by atoms with Crippen molar-refractivity contribution < 1.29 is 4.57 Å². The van der Waals surface area contributed by atoms with E-state index in [1.54, 1.807) is 0 Å². The fourth-order valence-electron chi connectivity index (χ4n) is 1.33. The van der Waals surface area contributed by atoms with Gasteiger partial charge in [-0.25, -0.2) is 9.13 Å². The molecule has 2 nitrogen and oxygen atoms in total. The first-order valence-electron chi connectivity index (χ1n) is 4.52. The molecule has 1 heterocycles. The van der Waals surface area contributed by atoms with Gasteiger partial charge in [0.15, 0.2) is 0 Å². The maximum Gasteiger partial charge on any atom is 0.248 e. The number of aromatic nitrogens is 2. The zero-order valence-electron chi connectivity index (χ0n) is 7.72. The van der Waals surface area contributed by atoms with Crippen molar-refractivity contribution in [2.24, 2.45) is 0 Å². The lowest BCUT2D eigenvalue weighted by Crippen LogP contribution is -2.27. The van der Waals surface area contributed by atoms with Gasteiger partial charge in [0, 0.05) is 0 Å². The van der Waals surface area contributed by atoms with Crippen LogP contribution in [-0.4, -0.2) is 4.57 Å². The molecule has 1 aromatic heterocycles. The van der Waals surface area contributed by atoms with Crippen LogP contribution in [0, 0.1) is 0 Å². The number of imidazole rings is 1. The molecular weight excluding hydrogens is 160 g/mol. The molecule has 0 saturated carbocycles. The van der Waals surface area contributed by atoms with E-state index in [2.05, 4.69) is 46.9 Å². The molecule has 0 bridgehead atoms. The number of rotatable bonds is 2. The van der Waals surface area contributed by atoms with E-state index >= 15 is 0 Å². The highest BCUT2D eigenvalue weighted by atomic mass is 15.1. The van der Waals surface area contributed by atoms with Crippen molar-refractivity contribution in [1.29, 1.82) is 0 Å². The largest absolute Gasteiger partial charge is 0.248 e. The lowest BCUT2D eigenvalue weighted by atomic mass is 10.3. The van der Waals surface area contributed by atoms with Crippen molar-refractivity contribution in [2.45, 2.75) is 13.5 Å². The third kappa shape index (κ3) is 1.61. The molecule has 1 aromatic carbocycles. The third-order valence-electron chi connectivity index (χ3n) is 2.11. The van der Waals surface area contributed by atoms with Gasteiger partial charge in [-0.15, -0.1) is 0 Å². The number of para-hydroxylation sites is 1. The second kappa shape index (κ2) is 3.44. The molecule has 2 aromatic rings. The number of nitrogens with zero attached hydrogens (tertiary/aromatic N) is 2. The maximum atomic E-state index is 2.15. The lowest BCUT2D eigenvalue weighted by molar-refractivity contribution is -0.595. The van der Waals surface area contributed by atoms with Gasteiger partial charge in [-0.3, -0.25) is 0 Å². The smallest absolute Gasteiger partial charge is 0.237 e. The Morgan fingerprint density at radius 2 is 2.00 bits per heavy atom. The molecule has 0 fully saturated rings. The Balaban J connectivity index is 2.36. The molecule has 0 unspecified atom stereocenters.